The topological polar surface area (TPSA) is 135 Å². The average Bonchev–Trinajstić information content (AvgIpc) is 3.41. The van der Waals surface area contributed by atoms with Crippen LogP contribution >= 0.6 is 11.3 Å². The van der Waals surface area contributed by atoms with E-state index in [0.29, 0.717) is 29.6 Å². The van der Waals surface area contributed by atoms with E-state index in [-0.39, 0.29) is 30.2 Å². The van der Waals surface area contributed by atoms with Crippen LogP contribution in [0, 0.1) is 5.92 Å². The van der Waals surface area contributed by atoms with Gasteiger partial charge in [-0.2, -0.15) is 5.48 Å². The van der Waals surface area contributed by atoms with Crippen LogP contribution in [0.25, 0.3) is 10.8 Å². The van der Waals surface area contributed by atoms with E-state index in [4.69, 9.17) is 14.6 Å². The van der Waals surface area contributed by atoms with Crippen molar-refractivity contribution in [1.82, 2.24) is 25.7 Å². The van der Waals surface area contributed by atoms with Crippen LogP contribution in [-0.2, 0) is 19.8 Å². The minimum atomic E-state index is -1.21. The average molecular weight is 723 g/mol. The summed E-state index contributed by atoms with van der Waals surface area (Å²) in [6, 6.07) is 17.2. The van der Waals surface area contributed by atoms with Crippen LogP contribution in [0.4, 0.5) is 5.13 Å². The molecule has 11 nitrogen and oxygen atoms in total. The number of fused-ring (bicyclic) bond motifs is 3. The molecule has 3 N–H and O–H groups in total. The quantitative estimate of drug-likeness (QED) is 0.149. The second kappa shape index (κ2) is 14.9. The lowest BCUT2D eigenvalue weighted by Crippen LogP contribution is -2.57. The highest BCUT2D eigenvalue weighted by Crippen LogP contribution is 2.45. The van der Waals surface area contributed by atoms with Crippen molar-refractivity contribution < 1.29 is 24.0 Å². The van der Waals surface area contributed by atoms with E-state index in [9.17, 15) is 14.4 Å². The lowest BCUT2D eigenvalue weighted by atomic mass is 9.93. The molecule has 1 saturated carbocycles. The van der Waals surface area contributed by atoms with Crippen LogP contribution in [0.1, 0.15) is 71.4 Å². The highest BCUT2D eigenvalue weighted by atomic mass is 32.1. The van der Waals surface area contributed by atoms with Gasteiger partial charge in [0.25, 0.3) is 5.91 Å². The smallest absolute Gasteiger partial charge is 0.278 e. The molecule has 5 atom stereocenters. The summed E-state index contributed by atoms with van der Waals surface area (Å²) in [4.78, 5) is 59.5. The first-order valence-electron chi connectivity index (χ1n) is 18.2. The molecule has 4 aromatic rings. The second-order valence-corrected chi connectivity index (χ2v) is 15.8. The van der Waals surface area contributed by atoms with Crippen LogP contribution in [-0.4, -0.2) is 62.9 Å². The van der Waals surface area contributed by atoms with E-state index in [0.717, 1.165) is 42.1 Å². The number of nitrogens with one attached hydrogen (secondary N) is 3. The number of pyridine rings is 1. The minimum absolute atomic E-state index is 0.136. The number of hydrogen-bond acceptors (Lipinski definition) is 9. The zero-order valence-electron chi connectivity index (χ0n) is 29.8. The maximum absolute atomic E-state index is 14.7. The molecule has 0 radical (unpaired) electrons. The first-order chi connectivity index (χ1) is 25.1. The minimum Gasteiger partial charge on any atom is -0.472 e. The Balaban J connectivity index is 1.18. The molecular formula is C40H46N6O5S. The third-order valence-electron chi connectivity index (χ3n) is 10.1. The zero-order valence-corrected chi connectivity index (χ0v) is 30.7. The number of hydroxylamine groups is 1. The molecular weight excluding hydrogens is 677 g/mol. The van der Waals surface area contributed by atoms with Gasteiger partial charge in [-0.05, 0) is 55.3 Å². The fourth-order valence-electron chi connectivity index (χ4n) is 7.03. The number of para-hydroxylation sites is 1. The van der Waals surface area contributed by atoms with E-state index in [1.54, 1.807) is 23.2 Å². The summed E-state index contributed by atoms with van der Waals surface area (Å²) in [6.07, 6.45) is 10.1. The number of allylic oxidation sites excluding steroid dienone is 1. The monoisotopic (exact) mass is 722 g/mol. The lowest BCUT2D eigenvalue weighted by molar-refractivity contribution is -0.141. The number of thiazole rings is 1. The van der Waals surface area contributed by atoms with Gasteiger partial charge in [0.2, 0.25) is 17.7 Å². The van der Waals surface area contributed by atoms with Crippen LogP contribution in [0.3, 0.4) is 0 Å². The number of carbonyl (C=O) groups is 3. The van der Waals surface area contributed by atoms with Gasteiger partial charge in [0, 0.05) is 34.7 Å². The third-order valence-corrected chi connectivity index (χ3v) is 10.9. The fourth-order valence-corrected chi connectivity index (χ4v) is 8.02. The number of ether oxygens (including phenoxy) is 1. The van der Waals surface area contributed by atoms with E-state index in [2.05, 4.69) is 47.9 Å². The standard InChI is InChI=1S/C40H46N6O5S/c1-39(2,3)33-25-52-38(43-33)42-31-19-11-6-4-5-8-15-27-23-40(27,37(49)45-51-28-16-9-7-10-17-28)44-34(47)32-22-29(24-46(32)36(31)48)50-35-30-18-13-12-14-26(30)20-21-41-35/h7-10,12-18,20-21,25,27,29,31-32H,4-6,11,19,22-24H2,1-3H3,(H,42,43)(H,44,47)(H,45,49)/b15-8-/t27-,29-,31+,32+,40-/m1/s1. The number of aromatic nitrogens is 2. The zero-order chi connectivity index (χ0) is 36.3. The first-order valence-corrected chi connectivity index (χ1v) is 19.0. The number of amides is 3. The Labute approximate surface area is 308 Å². The highest BCUT2D eigenvalue weighted by Gasteiger charge is 2.61. The van der Waals surface area contributed by atoms with Crippen molar-refractivity contribution in [3.8, 4) is 11.6 Å². The molecule has 2 fully saturated rings. The molecule has 4 heterocycles. The van der Waals surface area contributed by atoms with Gasteiger partial charge >= 0.3 is 0 Å². The molecule has 3 amide bonds. The van der Waals surface area contributed by atoms with Crippen molar-refractivity contribution in [1.29, 1.82) is 0 Å². The van der Waals surface area contributed by atoms with Crippen LogP contribution in [0.5, 0.6) is 11.6 Å². The van der Waals surface area contributed by atoms with Gasteiger partial charge in [-0.25, -0.2) is 9.97 Å². The molecule has 3 aliphatic rings. The lowest BCUT2D eigenvalue weighted by Gasteiger charge is -2.29. The van der Waals surface area contributed by atoms with Gasteiger partial charge in [0.1, 0.15) is 23.7 Å². The third kappa shape index (κ3) is 7.77. The highest BCUT2D eigenvalue weighted by molar-refractivity contribution is 7.13. The van der Waals surface area contributed by atoms with Gasteiger partial charge in [-0.1, -0.05) is 82.2 Å². The van der Waals surface area contributed by atoms with Crippen molar-refractivity contribution in [2.24, 2.45) is 5.92 Å². The molecule has 1 saturated heterocycles. The van der Waals surface area contributed by atoms with E-state index in [1.165, 1.54) is 11.3 Å². The van der Waals surface area contributed by atoms with Gasteiger partial charge < -0.3 is 25.1 Å². The Bertz CT molecular complexity index is 1940. The Kier molecular flexibility index (Phi) is 10.2. The van der Waals surface area contributed by atoms with Crippen molar-refractivity contribution in [2.45, 2.75) is 94.9 Å². The van der Waals surface area contributed by atoms with Gasteiger partial charge in [0.15, 0.2) is 10.9 Å². The van der Waals surface area contributed by atoms with Crippen LogP contribution < -0.4 is 25.7 Å². The van der Waals surface area contributed by atoms with E-state index in [1.807, 2.05) is 60.0 Å². The summed E-state index contributed by atoms with van der Waals surface area (Å²) in [5, 5.41) is 11.1. The molecule has 1 aliphatic carbocycles. The Morgan fingerprint density at radius 3 is 2.65 bits per heavy atom. The summed E-state index contributed by atoms with van der Waals surface area (Å²) in [5.74, 6) is -0.330. The van der Waals surface area contributed by atoms with Gasteiger partial charge in [-0.15, -0.1) is 11.3 Å². The Morgan fingerprint density at radius 1 is 1.04 bits per heavy atom. The number of carbonyl (C=O) groups excluding carboxylic acids is 3. The van der Waals surface area contributed by atoms with Crippen molar-refractivity contribution in [3.05, 3.63) is 90.1 Å². The normalized spacial score (nSPS) is 25.9. The molecule has 52 heavy (non-hydrogen) atoms. The van der Waals surface area contributed by atoms with Crippen LogP contribution in [0.15, 0.2) is 84.4 Å². The summed E-state index contributed by atoms with van der Waals surface area (Å²) in [7, 11) is 0. The molecule has 2 aliphatic heterocycles. The maximum Gasteiger partial charge on any atom is 0.278 e. The largest absolute Gasteiger partial charge is 0.472 e. The molecule has 0 bridgehead atoms. The maximum atomic E-state index is 14.7. The Morgan fingerprint density at radius 2 is 1.85 bits per heavy atom. The number of rotatable bonds is 7. The van der Waals surface area contributed by atoms with Crippen molar-refractivity contribution in [2.75, 3.05) is 11.9 Å². The predicted molar refractivity (Wildman–Crippen MR) is 201 cm³/mol. The molecule has 2 aromatic carbocycles. The first kappa shape index (κ1) is 35.4. The summed E-state index contributed by atoms with van der Waals surface area (Å²) in [6.45, 7) is 6.52. The second-order valence-electron chi connectivity index (χ2n) is 15.0. The van der Waals surface area contributed by atoms with Crippen molar-refractivity contribution in [3.63, 3.8) is 0 Å². The van der Waals surface area contributed by atoms with E-state index < -0.39 is 35.5 Å². The summed E-state index contributed by atoms with van der Waals surface area (Å²) in [5.41, 5.74) is 2.17. The number of hydrogen-bond donors (Lipinski definition) is 3. The molecule has 0 unspecified atom stereocenters. The fraction of sp³-hybridized carbons (Fsp3) is 0.425. The SMILES string of the molecule is CC(C)(C)c1csc(N[C@H]2CCCCC/C=C\[C@@H]3C[C@@]3(C(=O)NOc3ccccc3)NC(=O)[C@@H]3C[C@@H](Oc4nccc5ccccc45)CN3C2=O)n1. The number of nitrogens with zero attached hydrogens (tertiary/aromatic N) is 3. The van der Waals surface area contributed by atoms with E-state index >= 15 is 0 Å². The molecule has 272 valence electrons. The molecule has 12 heteroatoms. The molecule has 0 spiro atoms. The summed E-state index contributed by atoms with van der Waals surface area (Å²) < 4.78 is 6.49. The van der Waals surface area contributed by atoms with Gasteiger partial charge in [0.05, 0.1) is 12.2 Å². The summed E-state index contributed by atoms with van der Waals surface area (Å²) >= 11 is 1.48. The number of benzene rings is 2. The number of anilines is 1. The Hall–Kier alpha value is -4.97. The molecule has 2 aromatic heterocycles. The predicted octanol–water partition coefficient (Wildman–Crippen LogP) is 6.32. The van der Waals surface area contributed by atoms with Gasteiger partial charge in [-0.3, -0.25) is 14.4 Å². The van der Waals surface area contributed by atoms with Crippen LogP contribution in [0.2, 0.25) is 0 Å². The van der Waals surface area contributed by atoms with Crippen molar-refractivity contribution >= 4 is 45.0 Å². The molecule has 7 rings (SSSR count).